The van der Waals surface area contributed by atoms with Gasteiger partial charge >= 0.3 is 5.97 Å². The van der Waals surface area contributed by atoms with Gasteiger partial charge in [-0.25, -0.2) is 9.78 Å². The molecule has 0 aliphatic rings. The molecule has 0 aliphatic heterocycles. The van der Waals surface area contributed by atoms with Gasteiger partial charge in [0.25, 0.3) is 0 Å². The summed E-state index contributed by atoms with van der Waals surface area (Å²) in [6.45, 7) is 7.74. The lowest BCUT2D eigenvalue weighted by Gasteiger charge is -2.01. The quantitative estimate of drug-likeness (QED) is 0.757. The molecular formula is C18H16N2O2. The Labute approximate surface area is 128 Å². The summed E-state index contributed by atoms with van der Waals surface area (Å²) in [5.41, 5.74) is 5.30. The maximum absolute atomic E-state index is 11.4. The molecule has 22 heavy (non-hydrogen) atoms. The normalized spacial score (nSPS) is 10.8. The van der Waals surface area contributed by atoms with Crippen molar-refractivity contribution in [1.29, 1.82) is 0 Å². The van der Waals surface area contributed by atoms with Crippen molar-refractivity contribution in [2.75, 3.05) is 0 Å². The van der Waals surface area contributed by atoms with E-state index < -0.39 is 5.97 Å². The van der Waals surface area contributed by atoms with Crippen LogP contribution in [0.15, 0.2) is 43.0 Å². The fourth-order valence-corrected chi connectivity index (χ4v) is 2.47. The number of hydrogen-bond donors (Lipinski definition) is 2. The molecule has 2 aromatic carbocycles. The van der Waals surface area contributed by atoms with Gasteiger partial charge in [-0.3, -0.25) is 0 Å². The zero-order valence-electron chi connectivity index (χ0n) is 12.5. The van der Waals surface area contributed by atoms with E-state index >= 15 is 0 Å². The second-order valence-electron chi connectivity index (χ2n) is 5.46. The molecule has 1 heterocycles. The number of aromatic carboxylic acids is 1. The van der Waals surface area contributed by atoms with E-state index in [0.717, 1.165) is 27.8 Å². The maximum atomic E-state index is 11.4. The van der Waals surface area contributed by atoms with Gasteiger partial charge in [-0.2, -0.15) is 0 Å². The predicted octanol–water partition coefficient (Wildman–Crippen LogP) is 4.27. The summed E-state index contributed by atoms with van der Waals surface area (Å²) < 4.78 is 0. The number of benzene rings is 2. The highest BCUT2D eigenvalue weighted by Crippen LogP contribution is 2.25. The largest absolute Gasteiger partial charge is 0.478 e. The standard InChI is InChI=1S/C18H16N2O2/c1-10(2)12-4-6-13(7-5-12)17-19-15-9-11(3)8-14(18(21)22)16(15)20-17/h4-9H,1H2,2-3H3,(H,19,20)(H,21,22). The number of nitrogens with zero attached hydrogens (tertiary/aromatic N) is 1. The van der Waals surface area contributed by atoms with Gasteiger partial charge in [0.05, 0.1) is 11.1 Å². The first-order valence-electron chi connectivity index (χ1n) is 6.95. The molecule has 4 nitrogen and oxygen atoms in total. The van der Waals surface area contributed by atoms with E-state index in [0.29, 0.717) is 11.3 Å². The Morgan fingerprint density at radius 2 is 1.91 bits per heavy atom. The minimum Gasteiger partial charge on any atom is -0.478 e. The summed E-state index contributed by atoms with van der Waals surface area (Å²) in [6, 6.07) is 11.4. The number of allylic oxidation sites excluding steroid dienone is 1. The average molecular weight is 292 g/mol. The van der Waals surface area contributed by atoms with Gasteiger partial charge in [0.15, 0.2) is 0 Å². The van der Waals surface area contributed by atoms with Crippen LogP contribution < -0.4 is 0 Å². The Hall–Kier alpha value is -2.88. The fourth-order valence-electron chi connectivity index (χ4n) is 2.47. The molecule has 3 rings (SSSR count). The molecule has 0 bridgehead atoms. The molecule has 0 amide bonds. The van der Waals surface area contributed by atoms with Crippen molar-refractivity contribution in [2.24, 2.45) is 0 Å². The monoisotopic (exact) mass is 292 g/mol. The first-order chi connectivity index (χ1) is 10.5. The van der Waals surface area contributed by atoms with Crippen LogP contribution in [0.1, 0.15) is 28.4 Å². The molecule has 0 saturated carbocycles. The molecule has 1 aromatic heterocycles. The van der Waals surface area contributed by atoms with Crippen molar-refractivity contribution in [1.82, 2.24) is 9.97 Å². The number of imidazole rings is 1. The molecule has 2 N–H and O–H groups in total. The van der Waals surface area contributed by atoms with Crippen LogP contribution in [0.5, 0.6) is 0 Å². The number of carbonyl (C=O) groups is 1. The topological polar surface area (TPSA) is 66.0 Å². The molecule has 0 fully saturated rings. The fraction of sp³-hybridized carbons (Fsp3) is 0.111. The summed E-state index contributed by atoms with van der Waals surface area (Å²) >= 11 is 0. The predicted molar refractivity (Wildman–Crippen MR) is 87.9 cm³/mol. The molecular weight excluding hydrogens is 276 g/mol. The summed E-state index contributed by atoms with van der Waals surface area (Å²) in [4.78, 5) is 19.0. The molecule has 110 valence electrons. The first kappa shape index (κ1) is 14.1. The summed E-state index contributed by atoms with van der Waals surface area (Å²) in [7, 11) is 0. The Morgan fingerprint density at radius 1 is 1.23 bits per heavy atom. The number of aromatic amines is 1. The van der Waals surface area contributed by atoms with Crippen molar-refractivity contribution < 1.29 is 9.90 Å². The minimum absolute atomic E-state index is 0.219. The molecule has 0 atom stereocenters. The van der Waals surface area contributed by atoms with Crippen LogP contribution in [0.3, 0.4) is 0 Å². The Bertz CT molecular complexity index is 889. The SMILES string of the molecule is C=C(C)c1ccc(-c2nc3c(C(=O)O)cc(C)cc3[nH]2)cc1. The van der Waals surface area contributed by atoms with Crippen molar-refractivity contribution in [3.05, 3.63) is 59.7 Å². The van der Waals surface area contributed by atoms with Crippen molar-refractivity contribution in [3.63, 3.8) is 0 Å². The third-order valence-electron chi connectivity index (χ3n) is 3.61. The van der Waals surface area contributed by atoms with Gasteiger partial charge in [0.2, 0.25) is 0 Å². The van der Waals surface area contributed by atoms with E-state index in [9.17, 15) is 9.90 Å². The molecule has 0 spiro atoms. The van der Waals surface area contributed by atoms with Crippen LogP contribution in [0.4, 0.5) is 0 Å². The van der Waals surface area contributed by atoms with Gasteiger partial charge in [0, 0.05) is 5.56 Å². The number of fused-ring (bicyclic) bond motifs is 1. The van der Waals surface area contributed by atoms with Gasteiger partial charge in [-0.05, 0) is 37.1 Å². The number of carboxylic acids is 1. The van der Waals surface area contributed by atoms with Crippen LogP contribution in [0.25, 0.3) is 28.0 Å². The highest BCUT2D eigenvalue weighted by molar-refractivity contribution is 6.02. The van der Waals surface area contributed by atoms with Gasteiger partial charge in [-0.1, -0.05) is 36.4 Å². The zero-order chi connectivity index (χ0) is 15.9. The molecule has 0 saturated heterocycles. The Morgan fingerprint density at radius 3 is 2.50 bits per heavy atom. The van der Waals surface area contributed by atoms with E-state index in [-0.39, 0.29) is 5.56 Å². The van der Waals surface area contributed by atoms with Crippen LogP contribution >= 0.6 is 0 Å². The van der Waals surface area contributed by atoms with E-state index in [4.69, 9.17) is 0 Å². The third kappa shape index (κ3) is 2.39. The summed E-state index contributed by atoms with van der Waals surface area (Å²) in [5, 5.41) is 9.32. The van der Waals surface area contributed by atoms with Crippen molar-refractivity contribution in [2.45, 2.75) is 13.8 Å². The molecule has 0 radical (unpaired) electrons. The minimum atomic E-state index is -0.968. The van der Waals surface area contributed by atoms with E-state index in [2.05, 4.69) is 16.5 Å². The van der Waals surface area contributed by atoms with Crippen LogP contribution in [0, 0.1) is 6.92 Å². The van der Waals surface area contributed by atoms with E-state index in [1.54, 1.807) is 6.07 Å². The Kier molecular flexibility index (Phi) is 3.29. The molecule has 0 aliphatic carbocycles. The lowest BCUT2D eigenvalue weighted by Crippen LogP contribution is -1.98. The number of hydrogen-bond acceptors (Lipinski definition) is 2. The number of aryl methyl sites for hydroxylation is 1. The highest BCUT2D eigenvalue weighted by Gasteiger charge is 2.14. The highest BCUT2D eigenvalue weighted by atomic mass is 16.4. The average Bonchev–Trinajstić information content (AvgIpc) is 2.89. The number of nitrogens with one attached hydrogen (secondary N) is 1. The second kappa shape index (κ2) is 5.15. The summed E-state index contributed by atoms with van der Waals surface area (Å²) in [6.07, 6.45) is 0. The number of H-pyrrole nitrogens is 1. The van der Waals surface area contributed by atoms with E-state index in [1.165, 1.54) is 0 Å². The lowest BCUT2D eigenvalue weighted by atomic mass is 10.1. The van der Waals surface area contributed by atoms with Gasteiger partial charge in [0.1, 0.15) is 11.3 Å². The smallest absolute Gasteiger partial charge is 0.337 e. The Balaban J connectivity index is 2.14. The molecule has 3 aromatic rings. The third-order valence-corrected chi connectivity index (χ3v) is 3.61. The zero-order valence-corrected chi connectivity index (χ0v) is 12.5. The van der Waals surface area contributed by atoms with Crippen LogP contribution in [-0.2, 0) is 0 Å². The van der Waals surface area contributed by atoms with Crippen molar-refractivity contribution >= 4 is 22.6 Å². The first-order valence-corrected chi connectivity index (χ1v) is 6.95. The van der Waals surface area contributed by atoms with E-state index in [1.807, 2.05) is 44.2 Å². The van der Waals surface area contributed by atoms with Crippen LogP contribution in [-0.4, -0.2) is 21.0 Å². The lowest BCUT2D eigenvalue weighted by molar-refractivity contribution is 0.0698. The number of aromatic nitrogens is 2. The molecule has 0 unspecified atom stereocenters. The van der Waals surface area contributed by atoms with Crippen LogP contribution in [0.2, 0.25) is 0 Å². The maximum Gasteiger partial charge on any atom is 0.337 e. The number of rotatable bonds is 3. The van der Waals surface area contributed by atoms with Crippen molar-refractivity contribution in [3.8, 4) is 11.4 Å². The van der Waals surface area contributed by atoms with Gasteiger partial charge < -0.3 is 10.1 Å². The molecule has 4 heteroatoms. The van der Waals surface area contributed by atoms with Gasteiger partial charge in [-0.15, -0.1) is 0 Å². The second-order valence-corrected chi connectivity index (χ2v) is 5.46. The number of carboxylic acid groups (broad SMARTS) is 1. The summed E-state index contributed by atoms with van der Waals surface area (Å²) in [5.74, 6) is -0.305.